The summed E-state index contributed by atoms with van der Waals surface area (Å²) >= 11 is 0. The molecule has 6 heteroatoms. The Labute approximate surface area is 117 Å². The van der Waals surface area contributed by atoms with Crippen LogP contribution >= 0.6 is 0 Å². The minimum Gasteiger partial charge on any atom is -0.322 e. The highest BCUT2D eigenvalue weighted by Crippen LogP contribution is 2.13. The third-order valence-electron chi connectivity index (χ3n) is 2.56. The molecule has 0 aliphatic heterocycles. The summed E-state index contributed by atoms with van der Waals surface area (Å²) in [4.78, 5) is 11.6. The standard InChI is InChI=1S/C15H9F4NO/c16-11-4-1-9(7-13(11)18)2-6-15(21)20-10-3-5-12(17)14(19)8-10/h1-8H,(H,20,21). The van der Waals surface area contributed by atoms with E-state index in [1.807, 2.05) is 0 Å². The van der Waals surface area contributed by atoms with Crippen molar-refractivity contribution in [1.29, 1.82) is 0 Å². The van der Waals surface area contributed by atoms with Crippen molar-refractivity contribution in [3.8, 4) is 0 Å². The fourth-order valence-corrected chi connectivity index (χ4v) is 1.55. The largest absolute Gasteiger partial charge is 0.322 e. The molecule has 2 rings (SSSR count). The van der Waals surface area contributed by atoms with Crippen LogP contribution in [0.3, 0.4) is 0 Å². The molecule has 0 aliphatic carbocycles. The Kier molecular flexibility index (Phi) is 4.37. The van der Waals surface area contributed by atoms with Crippen LogP contribution in [-0.4, -0.2) is 5.91 Å². The normalized spacial score (nSPS) is 10.9. The van der Waals surface area contributed by atoms with Crippen LogP contribution in [-0.2, 0) is 4.79 Å². The van der Waals surface area contributed by atoms with Gasteiger partial charge in [0.15, 0.2) is 23.3 Å². The minimum absolute atomic E-state index is 0.0776. The highest BCUT2D eigenvalue weighted by Gasteiger charge is 2.04. The molecule has 0 heterocycles. The van der Waals surface area contributed by atoms with Gasteiger partial charge < -0.3 is 5.32 Å². The lowest BCUT2D eigenvalue weighted by Crippen LogP contribution is -2.08. The average Bonchev–Trinajstić information content (AvgIpc) is 2.44. The van der Waals surface area contributed by atoms with E-state index in [1.54, 1.807) is 0 Å². The molecule has 0 saturated heterocycles. The third kappa shape index (κ3) is 3.92. The SMILES string of the molecule is O=C(C=Cc1ccc(F)c(F)c1)Nc1ccc(F)c(F)c1. The van der Waals surface area contributed by atoms with Crippen molar-refractivity contribution < 1.29 is 22.4 Å². The molecule has 2 aromatic carbocycles. The van der Waals surface area contributed by atoms with Gasteiger partial charge in [-0.1, -0.05) is 6.07 Å². The van der Waals surface area contributed by atoms with Crippen LogP contribution in [0.5, 0.6) is 0 Å². The molecule has 108 valence electrons. The van der Waals surface area contributed by atoms with E-state index in [9.17, 15) is 22.4 Å². The first-order valence-electron chi connectivity index (χ1n) is 5.85. The Morgan fingerprint density at radius 3 is 2.10 bits per heavy atom. The van der Waals surface area contributed by atoms with Crippen LogP contribution in [0.2, 0.25) is 0 Å². The van der Waals surface area contributed by atoms with Crippen molar-refractivity contribution in [2.75, 3.05) is 5.32 Å². The summed E-state index contributed by atoms with van der Waals surface area (Å²) in [5, 5.41) is 2.31. The summed E-state index contributed by atoms with van der Waals surface area (Å²) in [5.74, 6) is -4.75. The van der Waals surface area contributed by atoms with Gasteiger partial charge in [-0.05, 0) is 35.9 Å². The Morgan fingerprint density at radius 1 is 0.857 bits per heavy atom. The van der Waals surface area contributed by atoms with Gasteiger partial charge in [0, 0.05) is 17.8 Å². The maximum absolute atomic E-state index is 12.9. The zero-order valence-electron chi connectivity index (χ0n) is 10.5. The smallest absolute Gasteiger partial charge is 0.248 e. The van der Waals surface area contributed by atoms with Crippen LogP contribution < -0.4 is 5.32 Å². The van der Waals surface area contributed by atoms with Crippen molar-refractivity contribution in [3.63, 3.8) is 0 Å². The zero-order chi connectivity index (χ0) is 15.4. The molecule has 21 heavy (non-hydrogen) atoms. The van der Waals surface area contributed by atoms with Crippen LogP contribution in [0, 0.1) is 23.3 Å². The summed E-state index contributed by atoms with van der Waals surface area (Å²) in [6, 6.07) is 6.06. The first-order chi connectivity index (χ1) is 9.95. The van der Waals surface area contributed by atoms with E-state index in [1.165, 1.54) is 18.2 Å². The van der Waals surface area contributed by atoms with Gasteiger partial charge in [0.1, 0.15) is 0 Å². The number of rotatable bonds is 3. The molecule has 1 N–H and O–H groups in total. The van der Waals surface area contributed by atoms with Crippen molar-refractivity contribution in [2.24, 2.45) is 0 Å². The molecule has 2 nitrogen and oxygen atoms in total. The molecule has 0 aliphatic rings. The second-order valence-corrected chi connectivity index (χ2v) is 4.13. The van der Waals surface area contributed by atoms with Crippen molar-refractivity contribution in [3.05, 3.63) is 71.3 Å². The first-order valence-corrected chi connectivity index (χ1v) is 5.85. The number of anilines is 1. The quantitative estimate of drug-likeness (QED) is 0.675. The van der Waals surface area contributed by atoms with Gasteiger partial charge in [-0.3, -0.25) is 4.79 Å². The Morgan fingerprint density at radius 2 is 1.48 bits per heavy atom. The van der Waals surface area contributed by atoms with E-state index in [4.69, 9.17) is 0 Å². The van der Waals surface area contributed by atoms with E-state index >= 15 is 0 Å². The van der Waals surface area contributed by atoms with Gasteiger partial charge in [0.25, 0.3) is 0 Å². The molecule has 0 radical (unpaired) electrons. The summed E-state index contributed by atoms with van der Waals surface area (Å²) < 4.78 is 51.3. The van der Waals surface area contributed by atoms with Gasteiger partial charge in [-0.2, -0.15) is 0 Å². The second kappa shape index (κ2) is 6.21. The number of benzene rings is 2. The molecule has 0 spiro atoms. The lowest BCUT2D eigenvalue weighted by atomic mass is 10.2. The predicted molar refractivity (Wildman–Crippen MR) is 70.4 cm³/mol. The fraction of sp³-hybridized carbons (Fsp3) is 0. The maximum Gasteiger partial charge on any atom is 0.248 e. The lowest BCUT2D eigenvalue weighted by Gasteiger charge is -2.02. The lowest BCUT2D eigenvalue weighted by molar-refractivity contribution is -0.111. The molecule has 0 unspecified atom stereocenters. The number of hydrogen-bond acceptors (Lipinski definition) is 1. The van der Waals surface area contributed by atoms with Gasteiger partial charge in [-0.15, -0.1) is 0 Å². The number of hydrogen-bond donors (Lipinski definition) is 1. The zero-order valence-corrected chi connectivity index (χ0v) is 10.5. The summed E-state index contributed by atoms with van der Waals surface area (Å²) in [6.07, 6.45) is 2.33. The predicted octanol–water partition coefficient (Wildman–Crippen LogP) is 3.89. The van der Waals surface area contributed by atoms with Gasteiger partial charge in [0.05, 0.1) is 0 Å². The van der Waals surface area contributed by atoms with Gasteiger partial charge >= 0.3 is 0 Å². The van der Waals surface area contributed by atoms with Crippen molar-refractivity contribution >= 4 is 17.7 Å². The van der Waals surface area contributed by atoms with E-state index in [0.717, 1.165) is 30.3 Å². The Bertz CT molecular complexity index is 713. The summed E-state index contributed by atoms with van der Waals surface area (Å²) in [7, 11) is 0. The monoisotopic (exact) mass is 295 g/mol. The van der Waals surface area contributed by atoms with Gasteiger partial charge in [-0.25, -0.2) is 17.6 Å². The fourth-order valence-electron chi connectivity index (χ4n) is 1.55. The Balaban J connectivity index is 2.05. The van der Waals surface area contributed by atoms with E-state index in [-0.39, 0.29) is 11.3 Å². The van der Waals surface area contributed by atoms with E-state index < -0.39 is 29.2 Å². The number of carbonyl (C=O) groups excluding carboxylic acids is 1. The van der Waals surface area contributed by atoms with Crippen molar-refractivity contribution in [1.82, 2.24) is 0 Å². The first kappa shape index (κ1) is 14.8. The molecular weight excluding hydrogens is 286 g/mol. The molecule has 1 amide bonds. The second-order valence-electron chi connectivity index (χ2n) is 4.13. The van der Waals surface area contributed by atoms with E-state index in [2.05, 4.69) is 5.32 Å². The number of halogens is 4. The van der Waals surface area contributed by atoms with Gasteiger partial charge in [0.2, 0.25) is 5.91 Å². The summed E-state index contributed by atoms with van der Waals surface area (Å²) in [6.45, 7) is 0. The number of carbonyl (C=O) groups is 1. The summed E-state index contributed by atoms with van der Waals surface area (Å²) in [5.41, 5.74) is 0.364. The minimum atomic E-state index is -1.09. The average molecular weight is 295 g/mol. The van der Waals surface area contributed by atoms with Crippen LogP contribution in [0.15, 0.2) is 42.5 Å². The highest BCUT2D eigenvalue weighted by molar-refractivity contribution is 6.01. The maximum atomic E-state index is 12.9. The topological polar surface area (TPSA) is 29.1 Å². The molecule has 0 saturated carbocycles. The van der Waals surface area contributed by atoms with Crippen molar-refractivity contribution in [2.45, 2.75) is 0 Å². The third-order valence-corrected chi connectivity index (χ3v) is 2.56. The van der Waals surface area contributed by atoms with E-state index in [0.29, 0.717) is 0 Å². The molecule has 0 bridgehead atoms. The molecular formula is C15H9F4NO. The number of nitrogens with one attached hydrogen (secondary N) is 1. The molecule has 0 fully saturated rings. The van der Waals surface area contributed by atoms with Crippen LogP contribution in [0.1, 0.15) is 5.56 Å². The molecule has 0 atom stereocenters. The molecule has 0 aromatic heterocycles. The van der Waals surface area contributed by atoms with Crippen LogP contribution in [0.4, 0.5) is 23.2 Å². The van der Waals surface area contributed by atoms with Crippen LogP contribution in [0.25, 0.3) is 6.08 Å². The highest BCUT2D eigenvalue weighted by atomic mass is 19.2. The Hall–Kier alpha value is -2.63. The molecule has 2 aromatic rings. The number of amides is 1.